The van der Waals surface area contributed by atoms with Gasteiger partial charge in [-0.1, -0.05) is 20.8 Å². The Morgan fingerprint density at radius 2 is 1.63 bits per heavy atom. The second kappa shape index (κ2) is 8.91. The van der Waals surface area contributed by atoms with Crippen molar-refractivity contribution >= 4 is 38.2 Å². The largest absolute Gasteiger partial charge is 0.322 e. The summed E-state index contributed by atoms with van der Waals surface area (Å²) in [7, 11) is -4.06. The smallest absolute Gasteiger partial charge is 0.261 e. The van der Waals surface area contributed by atoms with Crippen LogP contribution in [0.5, 0.6) is 0 Å². The van der Waals surface area contributed by atoms with Crippen LogP contribution in [0.25, 0.3) is 10.9 Å². The van der Waals surface area contributed by atoms with E-state index in [0.29, 0.717) is 11.5 Å². The highest BCUT2D eigenvalue weighted by Gasteiger charge is 2.20. The number of amides is 1. The number of anilines is 2. The van der Waals surface area contributed by atoms with Crippen molar-refractivity contribution in [3.05, 3.63) is 88.5 Å². The van der Waals surface area contributed by atoms with Crippen LogP contribution in [0.3, 0.4) is 0 Å². The Bertz CT molecular complexity index is 1580. The number of hydrogen-bond acceptors (Lipinski definition) is 6. The van der Waals surface area contributed by atoms with Crippen LogP contribution in [0, 0.1) is 5.82 Å². The van der Waals surface area contributed by atoms with Crippen LogP contribution in [-0.2, 0) is 15.4 Å². The molecule has 0 aliphatic carbocycles. The van der Waals surface area contributed by atoms with Gasteiger partial charge in [0.05, 0.1) is 28.5 Å². The van der Waals surface area contributed by atoms with Gasteiger partial charge in [0.25, 0.3) is 15.9 Å². The lowest BCUT2D eigenvalue weighted by Crippen LogP contribution is -2.19. The number of nitrogens with one attached hydrogen (secondary N) is 3. The number of fused-ring (bicyclic) bond motifs is 1. The fourth-order valence-corrected chi connectivity index (χ4v) is 4.38. The molecule has 11 heteroatoms. The van der Waals surface area contributed by atoms with Crippen molar-refractivity contribution in [2.75, 3.05) is 10.0 Å². The molecule has 2 aromatic heterocycles. The Hall–Kier alpha value is -4.12. The lowest BCUT2D eigenvalue weighted by atomic mass is 9.96. The minimum Gasteiger partial charge on any atom is -0.322 e. The number of H-pyrrole nitrogens is 1. The number of rotatable bonds is 5. The molecule has 4 aromatic rings. The summed E-state index contributed by atoms with van der Waals surface area (Å²) in [6.45, 7) is 5.87. The summed E-state index contributed by atoms with van der Waals surface area (Å²) in [5.41, 5.74) is -0.0509. The maximum atomic E-state index is 13.1. The zero-order chi connectivity index (χ0) is 25.4. The number of aromatic amines is 1. The van der Waals surface area contributed by atoms with Gasteiger partial charge in [-0.3, -0.25) is 14.3 Å². The predicted octanol–water partition coefficient (Wildman–Crippen LogP) is 3.81. The Labute approximate surface area is 200 Å². The van der Waals surface area contributed by atoms with Gasteiger partial charge in [-0.05, 0) is 42.5 Å². The van der Waals surface area contributed by atoms with E-state index in [4.69, 9.17) is 0 Å². The van der Waals surface area contributed by atoms with Gasteiger partial charge in [0.1, 0.15) is 11.6 Å². The number of carbonyl (C=O) groups excluding carboxylic acids is 1. The second-order valence-electron chi connectivity index (χ2n) is 8.87. The molecular formula is C24H22FN5O4S. The molecular weight excluding hydrogens is 473 g/mol. The lowest BCUT2D eigenvalue weighted by Gasteiger charge is -2.16. The summed E-state index contributed by atoms with van der Waals surface area (Å²) in [6, 6.07) is 9.90. The van der Waals surface area contributed by atoms with Crippen molar-refractivity contribution in [2.45, 2.75) is 31.1 Å². The standard InChI is InChI=1S/C24H22FN5O4S/c1-24(2,3)23-26-12-16(13-27-23)28-22(32)19-11-21(31)29-20-9-8-17(10-18(19)20)35(33,34)30-15-6-4-14(25)5-7-15/h4-13,30H,1-3H3,(H,28,32)(H,29,31). The highest BCUT2D eigenvalue weighted by Crippen LogP contribution is 2.24. The van der Waals surface area contributed by atoms with Gasteiger partial charge in [-0.2, -0.15) is 0 Å². The SMILES string of the molecule is CC(C)(C)c1ncc(NC(=O)c2cc(=O)[nH]c3ccc(S(=O)(=O)Nc4ccc(F)cc4)cc23)cn1. The van der Waals surface area contributed by atoms with E-state index in [0.717, 1.165) is 18.2 Å². The van der Waals surface area contributed by atoms with E-state index in [1.165, 1.54) is 42.7 Å². The first-order chi connectivity index (χ1) is 16.4. The molecule has 0 radical (unpaired) electrons. The molecule has 2 aromatic carbocycles. The molecule has 35 heavy (non-hydrogen) atoms. The number of benzene rings is 2. The molecule has 1 amide bonds. The Morgan fingerprint density at radius 3 is 2.26 bits per heavy atom. The van der Waals surface area contributed by atoms with E-state index >= 15 is 0 Å². The third-order valence-corrected chi connectivity index (χ3v) is 6.43. The minimum atomic E-state index is -4.06. The summed E-state index contributed by atoms with van der Waals surface area (Å²) in [5, 5.41) is 2.86. The molecule has 0 unspecified atom stereocenters. The van der Waals surface area contributed by atoms with E-state index in [1.807, 2.05) is 20.8 Å². The summed E-state index contributed by atoms with van der Waals surface area (Å²) in [6.07, 6.45) is 2.92. The first-order valence-corrected chi connectivity index (χ1v) is 12.0. The molecule has 0 spiro atoms. The van der Waals surface area contributed by atoms with Gasteiger partial charge in [0.2, 0.25) is 5.56 Å². The van der Waals surface area contributed by atoms with E-state index < -0.39 is 27.3 Å². The lowest BCUT2D eigenvalue weighted by molar-refractivity contribution is 0.102. The number of sulfonamides is 1. The molecule has 0 aliphatic heterocycles. The van der Waals surface area contributed by atoms with Gasteiger partial charge < -0.3 is 10.3 Å². The fraction of sp³-hybridized carbons (Fsp3) is 0.167. The number of nitrogens with zero attached hydrogens (tertiary/aromatic N) is 2. The molecule has 0 saturated heterocycles. The highest BCUT2D eigenvalue weighted by molar-refractivity contribution is 7.92. The molecule has 4 rings (SSSR count). The van der Waals surface area contributed by atoms with Gasteiger partial charge in [-0.15, -0.1) is 0 Å². The quantitative estimate of drug-likeness (QED) is 0.386. The van der Waals surface area contributed by atoms with Crippen molar-refractivity contribution in [3.8, 4) is 0 Å². The molecule has 9 nitrogen and oxygen atoms in total. The summed E-state index contributed by atoms with van der Waals surface area (Å²) in [4.78, 5) is 36.1. The van der Waals surface area contributed by atoms with Gasteiger partial charge in [-0.25, -0.2) is 22.8 Å². The summed E-state index contributed by atoms with van der Waals surface area (Å²) in [5.74, 6) is -0.536. The summed E-state index contributed by atoms with van der Waals surface area (Å²) < 4.78 is 41.3. The molecule has 0 saturated carbocycles. The van der Waals surface area contributed by atoms with E-state index in [1.54, 1.807) is 0 Å². The van der Waals surface area contributed by atoms with Crippen molar-refractivity contribution < 1.29 is 17.6 Å². The monoisotopic (exact) mass is 495 g/mol. The van der Waals surface area contributed by atoms with Crippen molar-refractivity contribution in [3.63, 3.8) is 0 Å². The predicted molar refractivity (Wildman–Crippen MR) is 130 cm³/mol. The second-order valence-corrected chi connectivity index (χ2v) is 10.5. The number of carbonyl (C=O) groups is 1. The third-order valence-electron chi connectivity index (χ3n) is 5.05. The number of halogens is 1. The van der Waals surface area contributed by atoms with Crippen molar-refractivity contribution in [1.29, 1.82) is 0 Å². The molecule has 0 aliphatic rings. The Kier molecular flexibility index (Phi) is 6.12. The van der Waals surface area contributed by atoms with Gasteiger partial charge in [0, 0.05) is 28.1 Å². The topological polar surface area (TPSA) is 134 Å². The van der Waals surface area contributed by atoms with E-state index in [-0.39, 0.29) is 32.5 Å². The Morgan fingerprint density at radius 1 is 0.971 bits per heavy atom. The average Bonchev–Trinajstić information content (AvgIpc) is 2.79. The number of hydrogen-bond donors (Lipinski definition) is 3. The zero-order valence-corrected chi connectivity index (χ0v) is 19.9. The van der Waals surface area contributed by atoms with Crippen molar-refractivity contribution in [1.82, 2.24) is 15.0 Å². The third kappa shape index (κ3) is 5.35. The van der Waals surface area contributed by atoms with Crippen LogP contribution in [0.1, 0.15) is 37.0 Å². The van der Waals surface area contributed by atoms with Crippen LogP contribution >= 0.6 is 0 Å². The first-order valence-electron chi connectivity index (χ1n) is 10.5. The maximum Gasteiger partial charge on any atom is 0.261 e. The number of pyridine rings is 1. The van der Waals surface area contributed by atoms with E-state index in [9.17, 15) is 22.4 Å². The van der Waals surface area contributed by atoms with Crippen LogP contribution in [0.15, 0.2) is 70.6 Å². The van der Waals surface area contributed by atoms with Crippen molar-refractivity contribution in [2.24, 2.45) is 0 Å². The molecule has 0 bridgehead atoms. The van der Waals surface area contributed by atoms with Crippen LogP contribution in [0.4, 0.5) is 15.8 Å². The maximum absolute atomic E-state index is 13.1. The van der Waals surface area contributed by atoms with Crippen LogP contribution in [-0.4, -0.2) is 29.3 Å². The molecule has 0 atom stereocenters. The normalized spacial score (nSPS) is 11.9. The van der Waals surface area contributed by atoms with Crippen LogP contribution in [0.2, 0.25) is 0 Å². The van der Waals surface area contributed by atoms with E-state index in [2.05, 4.69) is 25.0 Å². The highest BCUT2D eigenvalue weighted by atomic mass is 32.2. The molecule has 180 valence electrons. The van der Waals surface area contributed by atoms with Crippen LogP contribution < -0.4 is 15.6 Å². The minimum absolute atomic E-state index is 0.0255. The fourth-order valence-electron chi connectivity index (χ4n) is 3.30. The molecule has 3 N–H and O–H groups in total. The van der Waals surface area contributed by atoms with Gasteiger partial charge >= 0.3 is 0 Å². The Balaban J connectivity index is 1.68. The molecule has 2 heterocycles. The molecule has 0 fully saturated rings. The first kappa shape index (κ1) is 24.0. The number of aromatic nitrogens is 3. The zero-order valence-electron chi connectivity index (χ0n) is 19.1. The average molecular weight is 496 g/mol. The summed E-state index contributed by atoms with van der Waals surface area (Å²) >= 11 is 0. The van der Waals surface area contributed by atoms with Gasteiger partial charge in [0.15, 0.2) is 0 Å².